The molecule has 0 saturated carbocycles. The number of likely N-dealkylation sites (N-methyl/N-ethyl adjacent to an activating group) is 3. The summed E-state index contributed by atoms with van der Waals surface area (Å²) in [5, 5.41) is 15.6. The maximum absolute atomic E-state index is 15.6. The lowest BCUT2D eigenvalue weighted by Gasteiger charge is -2.44. The number of rotatable bonds is 16. The Bertz CT molecular complexity index is 4760. The lowest BCUT2D eigenvalue weighted by Crippen LogP contribution is -2.55. The third-order valence-electron chi connectivity index (χ3n) is 21.3. The quantitative estimate of drug-likeness (QED) is 0.0495. The van der Waals surface area contributed by atoms with Gasteiger partial charge in [-0.25, -0.2) is 33.1 Å². The van der Waals surface area contributed by atoms with Gasteiger partial charge in [-0.2, -0.15) is 39.5 Å². The number of morpholine rings is 2. The topological polar surface area (TPSA) is 232 Å². The molecule has 0 spiro atoms. The molecule has 3 aromatic heterocycles. The van der Waals surface area contributed by atoms with E-state index in [1.54, 1.807) is 12.1 Å². The third-order valence-corrected chi connectivity index (χ3v) is 21.3. The van der Waals surface area contributed by atoms with E-state index in [2.05, 4.69) is 91.3 Å². The number of hydrogen-bond donors (Lipinski definition) is 6. The van der Waals surface area contributed by atoms with E-state index in [1.807, 2.05) is 73.6 Å². The highest BCUT2D eigenvalue weighted by molar-refractivity contribution is 6.11. The molecule has 118 heavy (non-hydrogen) atoms. The number of nitrogens with one attached hydrogen (secondary N) is 6. The maximum atomic E-state index is 15.6. The molecular weight excluding hydrogens is 1560 g/mol. The van der Waals surface area contributed by atoms with E-state index in [1.165, 1.54) is 73.6 Å². The van der Waals surface area contributed by atoms with Crippen LogP contribution in [0.25, 0.3) is 33.4 Å². The van der Waals surface area contributed by atoms with Crippen LogP contribution in [-0.2, 0) is 23.9 Å². The van der Waals surface area contributed by atoms with Crippen LogP contribution in [0.3, 0.4) is 0 Å². The zero-order valence-corrected chi connectivity index (χ0v) is 65.7. The Morgan fingerprint density at radius 3 is 1.08 bits per heavy atom. The molecule has 4 atom stereocenters. The number of carbonyl (C=O) groups excluding carboxylic acids is 3. The summed E-state index contributed by atoms with van der Waals surface area (Å²) in [6.45, 7) is 22.7. The van der Waals surface area contributed by atoms with Gasteiger partial charge in [-0.05, 0) is 134 Å². The first-order valence-electron chi connectivity index (χ1n) is 37.8. The van der Waals surface area contributed by atoms with Crippen LogP contribution in [0.5, 0.6) is 0 Å². The van der Waals surface area contributed by atoms with E-state index in [4.69, 9.17) is 9.47 Å². The number of hydrogen-bond acceptors (Lipinski definition) is 21. The number of piperazine rings is 1. The van der Waals surface area contributed by atoms with E-state index >= 15 is 13.2 Å². The van der Waals surface area contributed by atoms with Gasteiger partial charge in [0.2, 0.25) is 11.9 Å². The van der Waals surface area contributed by atoms with Gasteiger partial charge in [-0.15, -0.1) is 0 Å². The van der Waals surface area contributed by atoms with Gasteiger partial charge in [0.05, 0.1) is 94.0 Å². The van der Waals surface area contributed by atoms with Gasteiger partial charge in [-0.1, -0.05) is 19.7 Å². The van der Waals surface area contributed by atoms with Crippen molar-refractivity contribution in [1.82, 2.24) is 55.6 Å². The highest BCUT2D eigenvalue weighted by atomic mass is 19.4. The Morgan fingerprint density at radius 2 is 0.771 bits per heavy atom. The number of ether oxygens (including phenoxy) is 2. The number of carbonyl (C=O) groups is 3. The molecule has 0 unspecified atom stereocenters. The molecule has 8 aliphatic heterocycles. The van der Waals surface area contributed by atoms with Crippen LogP contribution < -0.4 is 56.4 Å². The zero-order valence-electron chi connectivity index (χ0n) is 65.7. The molecule has 5 saturated heterocycles. The average molecular weight is 1650 g/mol. The Kier molecular flexibility index (Phi) is 26.2. The average Bonchev–Trinajstić information content (AvgIpc) is 1.37. The molecule has 0 aliphatic carbocycles. The predicted octanol–water partition coefficient (Wildman–Crippen LogP) is 12.2. The van der Waals surface area contributed by atoms with Crippen molar-refractivity contribution in [3.63, 3.8) is 0 Å². The molecule has 0 radical (unpaired) electrons. The molecule has 626 valence electrons. The Morgan fingerprint density at radius 1 is 0.458 bits per heavy atom. The molecule has 6 N–H and O–H groups in total. The van der Waals surface area contributed by atoms with Crippen LogP contribution >= 0.6 is 0 Å². The number of benzene rings is 3. The molecule has 3 amide bonds. The van der Waals surface area contributed by atoms with Crippen LogP contribution in [0.2, 0.25) is 0 Å². The molecular formula is C82H89F12N19O5. The summed E-state index contributed by atoms with van der Waals surface area (Å²) in [4.78, 5) is 77.2. The van der Waals surface area contributed by atoms with E-state index in [0.29, 0.717) is 138 Å². The standard InChI is InChI=1S/2C28H31F4N7O2.C26H27F4N5O/c2*1-17-10-22(28(30,31)32)21(15-33-17)26(40)36-24-11-20(18-13-34-27(35-14-18)38-6-8-41-9-7-38)23(29)12-25(24)39-5-4-19(16-39)37(2)3;1-15-9-21(26(28,29)30)20(12-32-15)25(36)33-23-10-19(18-5-7-31-8-6-18)22(27)11-24(23)35-13-16(2)34(4)17(3)14-35/h2*10-15,19,33H,1,4-9,16H2,2-3H3,(H,36,40);5-12,16-17,32H,1,13-14H2,2-4H3,(H,33,36)/t2*19-;16-,17+/m10./s1. The van der Waals surface area contributed by atoms with Crippen LogP contribution in [0.1, 0.15) is 26.7 Å². The number of amides is 3. The molecule has 3 aromatic carbocycles. The number of halogens is 12. The van der Waals surface area contributed by atoms with Crippen LogP contribution in [0, 0.1) is 17.5 Å². The van der Waals surface area contributed by atoms with Crippen LogP contribution in [0.4, 0.5) is 98.7 Å². The largest absolute Gasteiger partial charge is 0.417 e. The van der Waals surface area contributed by atoms with Gasteiger partial charge in [0.1, 0.15) is 17.5 Å². The minimum atomic E-state index is -4.78. The second-order valence-electron chi connectivity index (χ2n) is 29.7. The molecule has 6 aromatic rings. The monoisotopic (exact) mass is 1650 g/mol. The van der Waals surface area contributed by atoms with Crippen molar-refractivity contribution in [2.24, 2.45) is 0 Å². The van der Waals surface area contributed by atoms with Gasteiger partial charge >= 0.3 is 18.5 Å². The third kappa shape index (κ3) is 20.1. The van der Waals surface area contributed by atoms with Crippen molar-refractivity contribution < 1.29 is 76.5 Å². The van der Waals surface area contributed by atoms with Crippen molar-refractivity contribution in [2.75, 3.05) is 168 Å². The lowest BCUT2D eigenvalue weighted by atomic mass is 10.00. The molecule has 0 bridgehead atoms. The number of nitrogens with zero attached hydrogens (tertiary/aromatic N) is 13. The van der Waals surface area contributed by atoms with Crippen molar-refractivity contribution in [3.05, 3.63) is 210 Å². The second kappa shape index (κ2) is 36.1. The number of allylic oxidation sites excluding steroid dienone is 3. The van der Waals surface area contributed by atoms with Gasteiger partial charge in [0.15, 0.2) is 0 Å². The van der Waals surface area contributed by atoms with Gasteiger partial charge in [-0.3, -0.25) is 24.3 Å². The number of alkyl halides is 9. The first-order chi connectivity index (χ1) is 56.0. The summed E-state index contributed by atoms with van der Waals surface area (Å²) in [5.74, 6) is -3.64. The number of pyridine rings is 1. The highest BCUT2D eigenvalue weighted by Crippen LogP contribution is 2.44. The zero-order chi connectivity index (χ0) is 84.8. The lowest BCUT2D eigenvalue weighted by molar-refractivity contribution is -0.115. The fourth-order valence-electron chi connectivity index (χ4n) is 14.6. The molecule has 14 rings (SSSR count). The fourth-order valence-corrected chi connectivity index (χ4v) is 14.6. The SMILES string of the molecule is C=C1C=C(C(F)(F)F)C(C(=O)Nc2cc(-c3ccncc3)c(F)cc2N2C[C@@H](C)N(C)[C@@H](C)C2)=CN1.C=C1C=C(C(F)(F)F)C(C(=O)Nc2cc(-c3cnc(N4CCOCC4)nc3)c(F)cc2N2CC[C@@H](N(C)C)C2)=CN1.C=C1C=C(C(F)(F)F)C(C(=O)Nc2cc(-c3cnc(N4CCOCC4)nc3)c(F)cc2N2CC[C@H](N(C)C)C2)=CN1. The summed E-state index contributed by atoms with van der Waals surface area (Å²) in [7, 11) is 9.79. The summed E-state index contributed by atoms with van der Waals surface area (Å²) in [6.07, 6.45) is 1.54. The molecule has 5 fully saturated rings. The number of aromatic nitrogens is 5. The minimum absolute atomic E-state index is 0.00551. The normalized spacial score (nSPS) is 20.1. The summed E-state index contributed by atoms with van der Waals surface area (Å²) >= 11 is 0. The molecule has 8 aliphatic rings. The molecule has 36 heteroatoms. The van der Waals surface area contributed by atoms with Crippen LogP contribution in [0.15, 0.2) is 193 Å². The predicted molar refractivity (Wildman–Crippen MR) is 427 cm³/mol. The molecule has 11 heterocycles. The van der Waals surface area contributed by atoms with Crippen LogP contribution in [-0.4, -0.2) is 227 Å². The fraction of sp³-hybridized carbons (Fsp3) is 0.366. The first kappa shape index (κ1) is 85.8. The summed E-state index contributed by atoms with van der Waals surface area (Å²) in [5.41, 5.74) is -1.75. The van der Waals surface area contributed by atoms with E-state index in [9.17, 15) is 53.9 Å². The number of anilines is 8. The Balaban J connectivity index is 0.000000163. The molecule has 24 nitrogen and oxygen atoms in total. The first-order valence-corrected chi connectivity index (χ1v) is 37.8. The van der Waals surface area contributed by atoms with Crippen molar-refractivity contribution in [1.29, 1.82) is 0 Å². The van der Waals surface area contributed by atoms with E-state index in [-0.39, 0.29) is 75.0 Å². The smallest absolute Gasteiger partial charge is 0.378 e. The van der Waals surface area contributed by atoms with Gasteiger partial charge < -0.3 is 75.7 Å². The summed E-state index contributed by atoms with van der Waals surface area (Å²) < 4.78 is 181. The van der Waals surface area contributed by atoms with Gasteiger partial charge in [0, 0.05) is 190 Å². The Labute approximate surface area is 673 Å². The van der Waals surface area contributed by atoms with Gasteiger partial charge in [0.25, 0.3) is 17.7 Å². The summed E-state index contributed by atoms with van der Waals surface area (Å²) in [6, 6.07) is 12.1. The number of dihydropyridines is 3. The maximum Gasteiger partial charge on any atom is 0.417 e. The van der Waals surface area contributed by atoms with Crippen molar-refractivity contribution in [3.8, 4) is 33.4 Å². The second-order valence-corrected chi connectivity index (χ2v) is 29.7. The van der Waals surface area contributed by atoms with E-state index in [0.717, 1.165) is 49.7 Å². The highest BCUT2D eigenvalue weighted by Gasteiger charge is 2.44. The van der Waals surface area contributed by atoms with E-state index < -0.39 is 87.1 Å². The van der Waals surface area contributed by atoms with Crippen molar-refractivity contribution in [2.45, 2.75) is 69.4 Å². The Hall–Kier alpha value is -11.6. The minimum Gasteiger partial charge on any atom is -0.378 e. The van der Waals surface area contributed by atoms with Crippen molar-refractivity contribution >= 4 is 63.7 Å².